The van der Waals surface area contributed by atoms with Gasteiger partial charge in [0.05, 0.1) is 12.0 Å². The largest absolute Gasteiger partial charge is 0.336 e. The average molecular weight is 246 g/mol. The summed E-state index contributed by atoms with van der Waals surface area (Å²) in [6.45, 7) is 6.93. The van der Waals surface area contributed by atoms with Crippen LogP contribution in [0.4, 0.5) is 0 Å². The van der Waals surface area contributed by atoms with Crippen molar-refractivity contribution in [3.63, 3.8) is 0 Å². The van der Waals surface area contributed by atoms with Crippen molar-refractivity contribution in [2.24, 2.45) is 5.73 Å². The number of hydrogen-bond acceptors (Lipinski definition) is 2. The van der Waals surface area contributed by atoms with Crippen LogP contribution in [0.15, 0.2) is 24.3 Å². The summed E-state index contributed by atoms with van der Waals surface area (Å²) < 4.78 is 0. The number of likely N-dealkylation sites (tertiary alicyclic amines) is 1. The van der Waals surface area contributed by atoms with E-state index < -0.39 is 0 Å². The Hall–Kier alpha value is -1.35. The average Bonchev–Trinajstić information content (AvgIpc) is 2.54. The van der Waals surface area contributed by atoms with Crippen LogP contribution in [0.5, 0.6) is 0 Å². The minimum absolute atomic E-state index is 0.0824. The summed E-state index contributed by atoms with van der Waals surface area (Å²) in [5, 5.41) is 0. The molecule has 18 heavy (non-hydrogen) atoms. The first-order valence-electron chi connectivity index (χ1n) is 6.53. The molecule has 3 heteroatoms. The first kappa shape index (κ1) is 13.1. The van der Waals surface area contributed by atoms with Crippen molar-refractivity contribution in [1.82, 2.24) is 4.90 Å². The number of carbonyl (C=O) groups is 1. The fourth-order valence-corrected chi connectivity index (χ4v) is 2.65. The topological polar surface area (TPSA) is 46.3 Å². The highest BCUT2D eigenvalue weighted by molar-refractivity contribution is 5.80. The zero-order valence-corrected chi connectivity index (χ0v) is 11.4. The molecule has 0 radical (unpaired) electrons. The molecular formula is C15H22N2O. The highest BCUT2D eigenvalue weighted by Gasteiger charge is 2.41. The van der Waals surface area contributed by atoms with E-state index in [1.807, 2.05) is 30.0 Å². The summed E-state index contributed by atoms with van der Waals surface area (Å²) in [6, 6.07) is 8.20. The van der Waals surface area contributed by atoms with Crippen molar-refractivity contribution in [3.8, 4) is 0 Å². The number of hydrogen-bond donors (Lipinski definition) is 1. The fourth-order valence-electron chi connectivity index (χ4n) is 2.65. The Morgan fingerprint density at radius 2 is 2.22 bits per heavy atom. The molecule has 1 aromatic carbocycles. The number of nitrogens with two attached hydrogens (primary N) is 1. The third-order valence-electron chi connectivity index (χ3n) is 4.01. The van der Waals surface area contributed by atoms with Gasteiger partial charge in [0.25, 0.3) is 0 Å². The Balaban J connectivity index is 2.09. The molecule has 1 aliphatic rings. The van der Waals surface area contributed by atoms with E-state index in [1.54, 1.807) is 0 Å². The van der Waals surface area contributed by atoms with Crippen LogP contribution in [0.1, 0.15) is 31.4 Å². The number of amides is 1. The van der Waals surface area contributed by atoms with Gasteiger partial charge < -0.3 is 10.6 Å². The van der Waals surface area contributed by atoms with Gasteiger partial charge in [-0.1, -0.05) is 29.8 Å². The third-order valence-corrected chi connectivity index (χ3v) is 4.01. The minimum atomic E-state index is -0.221. The molecule has 2 N–H and O–H groups in total. The summed E-state index contributed by atoms with van der Waals surface area (Å²) in [5.41, 5.74) is 8.12. The smallest absolute Gasteiger partial charge is 0.227 e. The molecule has 1 amide bonds. The molecule has 3 nitrogen and oxygen atoms in total. The Bertz CT molecular complexity index is 454. The molecule has 1 fully saturated rings. The van der Waals surface area contributed by atoms with Gasteiger partial charge in [-0.3, -0.25) is 4.79 Å². The first-order valence-corrected chi connectivity index (χ1v) is 6.53. The molecule has 0 spiro atoms. The van der Waals surface area contributed by atoms with Crippen LogP contribution in [-0.4, -0.2) is 28.9 Å². The standard InChI is InChI=1S/C15H22N2O/c1-11-5-4-6-12(9-11)10-14(18)17-8-7-13(16)15(17,2)3/h4-6,9,13H,7-8,10,16H2,1-3H3. The molecule has 2 rings (SSSR count). The van der Waals surface area contributed by atoms with E-state index in [0.717, 1.165) is 18.5 Å². The normalized spacial score (nSPS) is 22.2. The molecule has 1 saturated heterocycles. The van der Waals surface area contributed by atoms with E-state index in [9.17, 15) is 4.79 Å². The second kappa shape index (κ2) is 4.73. The predicted octanol–water partition coefficient (Wildman–Crippen LogP) is 1.88. The number of aryl methyl sites for hydroxylation is 1. The van der Waals surface area contributed by atoms with Crippen LogP contribution >= 0.6 is 0 Å². The van der Waals surface area contributed by atoms with Crippen LogP contribution in [0.25, 0.3) is 0 Å². The van der Waals surface area contributed by atoms with Gasteiger partial charge >= 0.3 is 0 Å². The van der Waals surface area contributed by atoms with E-state index in [4.69, 9.17) is 5.73 Å². The quantitative estimate of drug-likeness (QED) is 0.866. The minimum Gasteiger partial charge on any atom is -0.336 e. The zero-order valence-electron chi connectivity index (χ0n) is 11.4. The molecule has 1 aliphatic heterocycles. The van der Waals surface area contributed by atoms with Crippen molar-refractivity contribution < 1.29 is 4.79 Å². The lowest BCUT2D eigenvalue weighted by Crippen LogP contribution is -2.51. The summed E-state index contributed by atoms with van der Waals surface area (Å²) in [4.78, 5) is 14.3. The van der Waals surface area contributed by atoms with Crippen LogP contribution in [0.3, 0.4) is 0 Å². The number of rotatable bonds is 2. The summed E-state index contributed by atoms with van der Waals surface area (Å²) in [5.74, 6) is 0.179. The Kier molecular flexibility index (Phi) is 3.44. The van der Waals surface area contributed by atoms with E-state index in [-0.39, 0.29) is 17.5 Å². The predicted molar refractivity (Wildman–Crippen MR) is 73.3 cm³/mol. The Morgan fingerprint density at radius 1 is 1.50 bits per heavy atom. The van der Waals surface area contributed by atoms with Gasteiger partial charge in [-0.15, -0.1) is 0 Å². The molecule has 1 atom stereocenters. The van der Waals surface area contributed by atoms with Gasteiger partial charge in [-0.2, -0.15) is 0 Å². The van der Waals surface area contributed by atoms with Gasteiger partial charge in [0.1, 0.15) is 0 Å². The van der Waals surface area contributed by atoms with E-state index in [2.05, 4.69) is 19.9 Å². The molecule has 98 valence electrons. The fraction of sp³-hybridized carbons (Fsp3) is 0.533. The van der Waals surface area contributed by atoms with Gasteiger partial charge in [-0.25, -0.2) is 0 Å². The first-order chi connectivity index (χ1) is 8.41. The second-order valence-electron chi connectivity index (χ2n) is 5.76. The van der Waals surface area contributed by atoms with Crippen LogP contribution < -0.4 is 5.73 Å². The highest BCUT2D eigenvalue weighted by atomic mass is 16.2. The molecule has 1 aromatic rings. The lowest BCUT2D eigenvalue weighted by atomic mass is 9.96. The van der Waals surface area contributed by atoms with Gasteiger partial charge in [0, 0.05) is 12.6 Å². The monoisotopic (exact) mass is 246 g/mol. The molecule has 0 aliphatic carbocycles. The molecule has 0 aromatic heterocycles. The second-order valence-corrected chi connectivity index (χ2v) is 5.76. The van der Waals surface area contributed by atoms with E-state index in [0.29, 0.717) is 6.42 Å². The third kappa shape index (κ3) is 2.41. The maximum atomic E-state index is 12.4. The lowest BCUT2D eigenvalue weighted by molar-refractivity contribution is -0.133. The SMILES string of the molecule is Cc1cccc(CC(=O)N2CCC(N)C2(C)C)c1. The van der Waals surface area contributed by atoms with Crippen LogP contribution in [-0.2, 0) is 11.2 Å². The highest BCUT2D eigenvalue weighted by Crippen LogP contribution is 2.28. The van der Waals surface area contributed by atoms with E-state index >= 15 is 0 Å². The van der Waals surface area contributed by atoms with Crippen molar-refractivity contribution >= 4 is 5.91 Å². The number of carbonyl (C=O) groups excluding carboxylic acids is 1. The van der Waals surface area contributed by atoms with Crippen molar-refractivity contribution in [3.05, 3.63) is 35.4 Å². The van der Waals surface area contributed by atoms with Crippen LogP contribution in [0.2, 0.25) is 0 Å². The maximum Gasteiger partial charge on any atom is 0.227 e. The summed E-state index contributed by atoms with van der Waals surface area (Å²) in [6.07, 6.45) is 1.37. The van der Waals surface area contributed by atoms with E-state index in [1.165, 1.54) is 5.56 Å². The molecular weight excluding hydrogens is 224 g/mol. The summed E-state index contributed by atoms with van der Waals surface area (Å²) >= 11 is 0. The van der Waals surface area contributed by atoms with Crippen LogP contribution in [0, 0.1) is 6.92 Å². The zero-order chi connectivity index (χ0) is 13.3. The van der Waals surface area contributed by atoms with Crippen molar-refractivity contribution in [2.45, 2.75) is 45.2 Å². The number of benzene rings is 1. The molecule has 0 saturated carbocycles. The Morgan fingerprint density at radius 3 is 2.78 bits per heavy atom. The van der Waals surface area contributed by atoms with Gasteiger partial charge in [0.2, 0.25) is 5.91 Å². The number of nitrogens with zero attached hydrogens (tertiary/aromatic N) is 1. The molecule has 1 unspecified atom stereocenters. The van der Waals surface area contributed by atoms with Crippen molar-refractivity contribution in [1.29, 1.82) is 0 Å². The summed E-state index contributed by atoms with van der Waals surface area (Å²) in [7, 11) is 0. The maximum absolute atomic E-state index is 12.4. The lowest BCUT2D eigenvalue weighted by Gasteiger charge is -2.34. The Labute approximate surface area is 109 Å². The van der Waals surface area contributed by atoms with Gasteiger partial charge in [-0.05, 0) is 32.8 Å². The molecule has 0 bridgehead atoms. The van der Waals surface area contributed by atoms with Gasteiger partial charge in [0.15, 0.2) is 0 Å². The van der Waals surface area contributed by atoms with Crippen molar-refractivity contribution in [2.75, 3.05) is 6.54 Å². The molecule has 1 heterocycles.